The molecule has 2 heterocycles. The third-order valence-corrected chi connectivity index (χ3v) is 3.39. The molecule has 2 N–H and O–H groups in total. The molecule has 3 aromatic rings. The quantitative estimate of drug-likeness (QED) is 0.725. The predicted octanol–water partition coefficient (Wildman–Crippen LogP) is 3.48. The predicted molar refractivity (Wildman–Crippen MR) is 75.6 cm³/mol. The molecule has 0 fully saturated rings. The Hall–Kier alpha value is -2.00. The van der Waals surface area contributed by atoms with Gasteiger partial charge in [-0.2, -0.15) is 0 Å². The summed E-state index contributed by atoms with van der Waals surface area (Å²) in [4.78, 5) is 4.12. The Kier molecular flexibility index (Phi) is 2.49. The standard InChI is InChI=1S/C14H12ClN3/c1-18-12(10-5-6-13(16)17-8-10)7-9-3-2-4-11(15)14(9)18/h2-8H,1H3,(H2,16,17). The molecule has 4 heteroatoms. The summed E-state index contributed by atoms with van der Waals surface area (Å²) >= 11 is 6.23. The van der Waals surface area contributed by atoms with Crippen LogP contribution >= 0.6 is 11.6 Å². The van der Waals surface area contributed by atoms with E-state index in [0.717, 1.165) is 27.2 Å². The second-order valence-electron chi connectivity index (χ2n) is 4.24. The van der Waals surface area contributed by atoms with E-state index in [-0.39, 0.29) is 0 Å². The van der Waals surface area contributed by atoms with Crippen LogP contribution in [-0.2, 0) is 7.05 Å². The maximum atomic E-state index is 6.23. The Labute approximate surface area is 110 Å². The van der Waals surface area contributed by atoms with Gasteiger partial charge in [0.2, 0.25) is 0 Å². The Bertz CT molecular complexity index is 714. The largest absolute Gasteiger partial charge is 0.384 e. The Morgan fingerprint density at radius 2 is 2.06 bits per heavy atom. The first-order valence-corrected chi connectivity index (χ1v) is 6.00. The third-order valence-electron chi connectivity index (χ3n) is 3.09. The van der Waals surface area contributed by atoms with Gasteiger partial charge in [-0.05, 0) is 24.3 Å². The number of anilines is 1. The van der Waals surface area contributed by atoms with Crippen molar-refractivity contribution in [3.63, 3.8) is 0 Å². The molecule has 0 aliphatic heterocycles. The van der Waals surface area contributed by atoms with E-state index in [1.54, 1.807) is 12.3 Å². The molecule has 3 nitrogen and oxygen atoms in total. The van der Waals surface area contributed by atoms with Gasteiger partial charge in [-0.15, -0.1) is 0 Å². The molecule has 3 rings (SSSR count). The van der Waals surface area contributed by atoms with Crippen molar-refractivity contribution in [1.29, 1.82) is 0 Å². The van der Waals surface area contributed by atoms with E-state index in [1.165, 1.54) is 0 Å². The highest BCUT2D eigenvalue weighted by Crippen LogP contribution is 2.31. The van der Waals surface area contributed by atoms with Crippen LogP contribution in [0.4, 0.5) is 5.82 Å². The van der Waals surface area contributed by atoms with Crippen LogP contribution in [0.2, 0.25) is 5.02 Å². The lowest BCUT2D eigenvalue weighted by Gasteiger charge is -2.05. The lowest BCUT2D eigenvalue weighted by molar-refractivity contribution is 0.977. The molecule has 1 aromatic carbocycles. The number of aryl methyl sites for hydroxylation is 1. The van der Waals surface area contributed by atoms with E-state index < -0.39 is 0 Å². The zero-order valence-corrected chi connectivity index (χ0v) is 10.6. The van der Waals surface area contributed by atoms with E-state index in [0.29, 0.717) is 5.82 Å². The first-order chi connectivity index (χ1) is 8.66. The highest BCUT2D eigenvalue weighted by Gasteiger charge is 2.10. The van der Waals surface area contributed by atoms with Crippen LogP contribution in [0.3, 0.4) is 0 Å². The van der Waals surface area contributed by atoms with Crippen molar-refractivity contribution in [3.05, 3.63) is 47.6 Å². The van der Waals surface area contributed by atoms with Crippen molar-refractivity contribution in [2.24, 2.45) is 7.05 Å². The highest BCUT2D eigenvalue weighted by atomic mass is 35.5. The summed E-state index contributed by atoms with van der Waals surface area (Å²) < 4.78 is 2.07. The van der Waals surface area contributed by atoms with Gasteiger partial charge in [0.1, 0.15) is 5.82 Å². The van der Waals surface area contributed by atoms with Gasteiger partial charge in [0.05, 0.1) is 16.2 Å². The third kappa shape index (κ3) is 1.64. The number of pyridine rings is 1. The van der Waals surface area contributed by atoms with Crippen LogP contribution in [0, 0.1) is 0 Å². The molecule has 0 saturated heterocycles. The summed E-state index contributed by atoms with van der Waals surface area (Å²) in [5, 5.41) is 1.88. The molecule has 0 unspecified atom stereocenters. The molecule has 0 saturated carbocycles. The molecule has 0 amide bonds. The zero-order valence-electron chi connectivity index (χ0n) is 9.89. The van der Waals surface area contributed by atoms with Crippen molar-refractivity contribution in [2.75, 3.05) is 5.73 Å². The van der Waals surface area contributed by atoms with E-state index in [1.807, 2.05) is 25.2 Å². The van der Waals surface area contributed by atoms with Crippen molar-refractivity contribution in [1.82, 2.24) is 9.55 Å². The minimum absolute atomic E-state index is 0.524. The normalized spacial score (nSPS) is 11.0. The van der Waals surface area contributed by atoms with E-state index in [4.69, 9.17) is 17.3 Å². The molecule has 90 valence electrons. The van der Waals surface area contributed by atoms with Crippen LogP contribution in [0.25, 0.3) is 22.2 Å². The molecule has 0 spiro atoms. The number of para-hydroxylation sites is 1. The summed E-state index contributed by atoms with van der Waals surface area (Å²) in [6.45, 7) is 0. The van der Waals surface area contributed by atoms with Gasteiger partial charge in [0, 0.05) is 24.2 Å². The first kappa shape index (κ1) is 11.1. The average molecular weight is 258 g/mol. The van der Waals surface area contributed by atoms with E-state index in [2.05, 4.69) is 21.7 Å². The Morgan fingerprint density at radius 1 is 1.22 bits per heavy atom. The van der Waals surface area contributed by atoms with E-state index >= 15 is 0 Å². The van der Waals surface area contributed by atoms with Crippen molar-refractivity contribution in [3.8, 4) is 11.3 Å². The first-order valence-electron chi connectivity index (χ1n) is 5.62. The fourth-order valence-electron chi connectivity index (χ4n) is 2.20. The Morgan fingerprint density at radius 3 is 2.72 bits per heavy atom. The molecule has 0 atom stereocenters. The van der Waals surface area contributed by atoms with Crippen molar-refractivity contribution < 1.29 is 0 Å². The smallest absolute Gasteiger partial charge is 0.123 e. The number of fused-ring (bicyclic) bond motifs is 1. The van der Waals surface area contributed by atoms with Gasteiger partial charge in [-0.3, -0.25) is 0 Å². The molecule has 0 aliphatic carbocycles. The second-order valence-corrected chi connectivity index (χ2v) is 4.65. The summed E-state index contributed by atoms with van der Waals surface area (Å²) in [5.74, 6) is 0.524. The number of hydrogen-bond acceptors (Lipinski definition) is 2. The van der Waals surface area contributed by atoms with Crippen molar-refractivity contribution in [2.45, 2.75) is 0 Å². The number of halogens is 1. The molecule has 2 aromatic heterocycles. The van der Waals surface area contributed by atoms with Gasteiger partial charge in [-0.25, -0.2) is 4.98 Å². The highest BCUT2D eigenvalue weighted by molar-refractivity contribution is 6.35. The van der Waals surface area contributed by atoms with Crippen LogP contribution < -0.4 is 5.73 Å². The van der Waals surface area contributed by atoms with Crippen molar-refractivity contribution >= 4 is 28.3 Å². The maximum absolute atomic E-state index is 6.23. The van der Waals surface area contributed by atoms with Gasteiger partial charge in [0.25, 0.3) is 0 Å². The number of nitrogens with zero attached hydrogens (tertiary/aromatic N) is 2. The average Bonchev–Trinajstić information content (AvgIpc) is 2.69. The van der Waals surface area contributed by atoms with Crippen LogP contribution in [-0.4, -0.2) is 9.55 Å². The fourth-order valence-corrected chi connectivity index (χ4v) is 2.51. The molecule has 18 heavy (non-hydrogen) atoms. The summed E-state index contributed by atoms with van der Waals surface area (Å²) in [5.41, 5.74) is 8.74. The topological polar surface area (TPSA) is 43.8 Å². The van der Waals surface area contributed by atoms with Crippen LogP contribution in [0.1, 0.15) is 0 Å². The molecule has 0 bridgehead atoms. The molecule has 0 aliphatic rings. The zero-order chi connectivity index (χ0) is 12.7. The van der Waals surface area contributed by atoms with Gasteiger partial charge >= 0.3 is 0 Å². The number of benzene rings is 1. The van der Waals surface area contributed by atoms with Gasteiger partial charge in [0.15, 0.2) is 0 Å². The fraction of sp³-hybridized carbons (Fsp3) is 0.0714. The molecule has 0 radical (unpaired) electrons. The number of nitrogen functional groups attached to an aromatic ring is 1. The van der Waals surface area contributed by atoms with Crippen LogP contribution in [0.15, 0.2) is 42.6 Å². The Balaban J connectivity index is 2.27. The number of hydrogen-bond donors (Lipinski definition) is 1. The SMILES string of the molecule is Cn1c(-c2ccc(N)nc2)cc2cccc(Cl)c21. The molecular weight excluding hydrogens is 246 g/mol. The summed E-state index contributed by atoms with van der Waals surface area (Å²) in [7, 11) is 2.00. The molecular formula is C14H12ClN3. The lowest BCUT2D eigenvalue weighted by atomic mass is 10.2. The second kappa shape index (κ2) is 4.03. The van der Waals surface area contributed by atoms with Crippen LogP contribution in [0.5, 0.6) is 0 Å². The van der Waals surface area contributed by atoms with Gasteiger partial charge in [-0.1, -0.05) is 23.7 Å². The monoisotopic (exact) mass is 257 g/mol. The minimum atomic E-state index is 0.524. The summed E-state index contributed by atoms with van der Waals surface area (Å²) in [6, 6.07) is 11.8. The summed E-state index contributed by atoms with van der Waals surface area (Å²) in [6.07, 6.45) is 1.78. The number of nitrogens with two attached hydrogens (primary N) is 1. The lowest BCUT2D eigenvalue weighted by Crippen LogP contribution is -1.94. The minimum Gasteiger partial charge on any atom is -0.384 e. The maximum Gasteiger partial charge on any atom is 0.123 e. The number of rotatable bonds is 1. The van der Waals surface area contributed by atoms with E-state index in [9.17, 15) is 0 Å². The number of aromatic nitrogens is 2. The van der Waals surface area contributed by atoms with Gasteiger partial charge < -0.3 is 10.3 Å².